The first-order valence-electron chi connectivity index (χ1n) is 6.51. The van der Waals surface area contributed by atoms with Crippen molar-refractivity contribution >= 4 is 29.9 Å². The molecule has 2 aromatic rings. The summed E-state index contributed by atoms with van der Waals surface area (Å²) in [6.07, 6.45) is 0. The number of carbonyl (C=O) groups excluding carboxylic acids is 1. The minimum absolute atomic E-state index is 0.0160. The number of aryl methyl sites for hydroxylation is 1. The molecule has 0 aliphatic carbocycles. The summed E-state index contributed by atoms with van der Waals surface area (Å²) in [5.41, 5.74) is 0.0434. The average Bonchev–Trinajstić information content (AvgIpc) is 2.49. The van der Waals surface area contributed by atoms with Gasteiger partial charge in [0.25, 0.3) is 11.6 Å². The zero-order valence-corrected chi connectivity index (χ0v) is 12.0. The molecule has 118 valence electrons. The van der Waals surface area contributed by atoms with Crippen LogP contribution in [-0.4, -0.2) is 28.0 Å². The number of hydrogen-bond donors (Lipinski definition) is 3. The standard InChI is InChI=1S/C14H12BFN2O5/c1-8-2-4-10(7-13(8)18(22)23)17-14(19)9-3-5-12(16)11(6-9)15(20)21/h2-7,20-21H,1H3,(H,17,19). The van der Waals surface area contributed by atoms with Crippen LogP contribution in [0.1, 0.15) is 15.9 Å². The Morgan fingerprint density at radius 1 is 1.26 bits per heavy atom. The van der Waals surface area contributed by atoms with Crippen LogP contribution in [0.4, 0.5) is 15.8 Å². The second kappa shape index (κ2) is 6.55. The quantitative estimate of drug-likeness (QED) is 0.442. The number of hydrogen-bond acceptors (Lipinski definition) is 5. The number of benzene rings is 2. The van der Waals surface area contributed by atoms with Crippen molar-refractivity contribution in [2.75, 3.05) is 5.32 Å². The Morgan fingerprint density at radius 3 is 2.57 bits per heavy atom. The summed E-state index contributed by atoms with van der Waals surface area (Å²) in [6, 6.07) is 7.28. The fourth-order valence-corrected chi connectivity index (χ4v) is 1.97. The number of anilines is 1. The molecule has 23 heavy (non-hydrogen) atoms. The minimum atomic E-state index is -2.05. The van der Waals surface area contributed by atoms with Crippen LogP contribution in [0.25, 0.3) is 0 Å². The molecule has 0 saturated heterocycles. The van der Waals surface area contributed by atoms with Crippen molar-refractivity contribution in [3.8, 4) is 0 Å². The first kappa shape index (κ1) is 16.6. The Labute approximate surface area is 130 Å². The molecule has 9 heteroatoms. The van der Waals surface area contributed by atoms with Gasteiger partial charge in [0.2, 0.25) is 0 Å². The van der Waals surface area contributed by atoms with E-state index in [0.717, 1.165) is 12.1 Å². The number of nitrogens with zero attached hydrogens (tertiary/aromatic N) is 1. The van der Waals surface area contributed by atoms with Crippen molar-refractivity contribution < 1.29 is 24.2 Å². The van der Waals surface area contributed by atoms with Crippen molar-refractivity contribution in [2.24, 2.45) is 0 Å². The Kier molecular flexibility index (Phi) is 4.72. The van der Waals surface area contributed by atoms with Crippen molar-refractivity contribution in [3.63, 3.8) is 0 Å². The predicted molar refractivity (Wildman–Crippen MR) is 82.0 cm³/mol. The van der Waals surface area contributed by atoms with E-state index in [4.69, 9.17) is 10.0 Å². The second-order valence-corrected chi connectivity index (χ2v) is 4.82. The molecular weight excluding hydrogens is 306 g/mol. The van der Waals surface area contributed by atoms with Gasteiger partial charge in [-0.3, -0.25) is 14.9 Å². The van der Waals surface area contributed by atoms with Crippen LogP contribution in [0.5, 0.6) is 0 Å². The van der Waals surface area contributed by atoms with E-state index in [1.807, 2.05) is 0 Å². The number of nitrogens with one attached hydrogen (secondary N) is 1. The van der Waals surface area contributed by atoms with Gasteiger partial charge in [0.1, 0.15) is 5.82 Å². The van der Waals surface area contributed by atoms with Crippen molar-refractivity contribution in [1.29, 1.82) is 0 Å². The number of halogens is 1. The molecule has 0 radical (unpaired) electrons. The monoisotopic (exact) mass is 318 g/mol. The summed E-state index contributed by atoms with van der Waals surface area (Å²) in [4.78, 5) is 22.4. The van der Waals surface area contributed by atoms with E-state index < -0.39 is 29.2 Å². The van der Waals surface area contributed by atoms with E-state index in [9.17, 15) is 19.3 Å². The number of nitro groups is 1. The summed E-state index contributed by atoms with van der Waals surface area (Å²) >= 11 is 0. The highest BCUT2D eigenvalue weighted by Gasteiger charge is 2.19. The van der Waals surface area contributed by atoms with Gasteiger partial charge < -0.3 is 15.4 Å². The maximum Gasteiger partial charge on any atom is 0.491 e. The topological polar surface area (TPSA) is 113 Å². The Hall–Kier alpha value is -2.78. The molecule has 0 aromatic heterocycles. The molecule has 2 aromatic carbocycles. The van der Waals surface area contributed by atoms with Crippen LogP contribution < -0.4 is 10.8 Å². The highest BCUT2D eigenvalue weighted by atomic mass is 19.1. The van der Waals surface area contributed by atoms with E-state index in [0.29, 0.717) is 5.56 Å². The molecule has 0 heterocycles. The number of amides is 1. The molecule has 2 rings (SSSR count). The van der Waals surface area contributed by atoms with E-state index in [2.05, 4.69) is 5.32 Å². The molecule has 1 amide bonds. The van der Waals surface area contributed by atoms with Gasteiger partial charge >= 0.3 is 7.12 Å². The van der Waals surface area contributed by atoms with Gasteiger partial charge in [-0.15, -0.1) is 0 Å². The van der Waals surface area contributed by atoms with Crippen molar-refractivity contribution in [2.45, 2.75) is 6.92 Å². The maximum atomic E-state index is 13.4. The van der Waals surface area contributed by atoms with Gasteiger partial charge in [0, 0.05) is 28.3 Å². The third kappa shape index (κ3) is 3.71. The van der Waals surface area contributed by atoms with Crippen molar-refractivity contribution in [3.05, 3.63) is 63.5 Å². The average molecular weight is 318 g/mol. The second-order valence-electron chi connectivity index (χ2n) is 4.82. The summed E-state index contributed by atoms with van der Waals surface area (Å²) in [5, 5.41) is 31.4. The summed E-state index contributed by atoms with van der Waals surface area (Å²) in [7, 11) is -2.05. The van der Waals surface area contributed by atoms with Gasteiger partial charge in [-0.2, -0.15) is 0 Å². The zero-order valence-electron chi connectivity index (χ0n) is 12.0. The van der Waals surface area contributed by atoms with E-state index in [1.165, 1.54) is 24.3 Å². The molecule has 0 fully saturated rings. The third-order valence-corrected chi connectivity index (χ3v) is 3.20. The zero-order chi connectivity index (χ0) is 17.1. The van der Waals surface area contributed by atoms with Gasteiger partial charge in [-0.05, 0) is 31.2 Å². The number of carbonyl (C=O) groups is 1. The van der Waals surface area contributed by atoms with E-state index >= 15 is 0 Å². The van der Waals surface area contributed by atoms with Gasteiger partial charge in [-0.1, -0.05) is 6.07 Å². The molecule has 0 saturated carbocycles. The van der Waals surface area contributed by atoms with Crippen molar-refractivity contribution in [1.82, 2.24) is 0 Å². The number of nitro benzene ring substituents is 1. The van der Waals surface area contributed by atoms with E-state index in [-0.39, 0.29) is 16.9 Å². The fraction of sp³-hybridized carbons (Fsp3) is 0.0714. The molecule has 0 aliphatic rings. The number of rotatable bonds is 4. The first-order chi connectivity index (χ1) is 10.8. The van der Waals surface area contributed by atoms with Crippen LogP contribution >= 0.6 is 0 Å². The van der Waals surface area contributed by atoms with Crippen LogP contribution in [-0.2, 0) is 0 Å². The van der Waals surface area contributed by atoms with E-state index in [1.54, 1.807) is 6.92 Å². The molecule has 0 unspecified atom stereocenters. The lowest BCUT2D eigenvalue weighted by Crippen LogP contribution is -2.33. The lowest BCUT2D eigenvalue weighted by Gasteiger charge is -2.08. The highest BCUT2D eigenvalue weighted by molar-refractivity contribution is 6.58. The molecule has 0 atom stereocenters. The summed E-state index contributed by atoms with van der Waals surface area (Å²) < 4.78 is 13.4. The third-order valence-electron chi connectivity index (χ3n) is 3.20. The SMILES string of the molecule is Cc1ccc(NC(=O)c2ccc(F)c(B(O)O)c2)cc1[N+](=O)[O-]. The summed E-state index contributed by atoms with van der Waals surface area (Å²) in [6.45, 7) is 1.57. The fourth-order valence-electron chi connectivity index (χ4n) is 1.97. The predicted octanol–water partition coefficient (Wildman–Crippen LogP) is 0.974. The highest BCUT2D eigenvalue weighted by Crippen LogP contribution is 2.22. The molecule has 3 N–H and O–H groups in total. The lowest BCUT2D eigenvalue weighted by molar-refractivity contribution is -0.385. The van der Waals surface area contributed by atoms with Crippen LogP contribution in [0.3, 0.4) is 0 Å². The smallest absolute Gasteiger partial charge is 0.423 e. The minimum Gasteiger partial charge on any atom is -0.423 e. The van der Waals surface area contributed by atoms with Gasteiger partial charge in [-0.25, -0.2) is 4.39 Å². The molecule has 7 nitrogen and oxygen atoms in total. The largest absolute Gasteiger partial charge is 0.491 e. The Balaban J connectivity index is 2.28. The van der Waals surface area contributed by atoms with Crippen LogP contribution in [0.2, 0.25) is 0 Å². The van der Waals surface area contributed by atoms with Gasteiger partial charge in [0.05, 0.1) is 4.92 Å². The maximum absolute atomic E-state index is 13.4. The molecule has 0 aliphatic heterocycles. The lowest BCUT2D eigenvalue weighted by atomic mass is 9.79. The Bertz CT molecular complexity index is 782. The van der Waals surface area contributed by atoms with Gasteiger partial charge in [0.15, 0.2) is 0 Å². The molecule has 0 bridgehead atoms. The summed E-state index contributed by atoms with van der Waals surface area (Å²) in [5.74, 6) is -1.52. The Morgan fingerprint density at radius 2 is 1.96 bits per heavy atom. The first-order valence-corrected chi connectivity index (χ1v) is 6.51. The molecule has 0 spiro atoms. The normalized spacial score (nSPS) is 10.3. The van der Waals surface area contributed by atoms with Crippen LogP contribution in [0.15, 0.2) is 36.4 Å². The van der Waals surface area contributed by atoms with Crippen LogP contribution in [0, 0.1) is 22.9 Å². The molecular formula is C14H12BFN2O5.